The number of aromatic hydroxyl groups is 1. The zero-order valence-corrected chi connectivity index (χ0v) is 9.62. The van der Waals surface area contributed by atoms with Gasteiger partial charge in [0.2, 0.25) is 0 Å². The molecule has 82 valence electrons. The van der Waals surface area contributed by atoms with Crippen molar-refractivity contribution in [3.63, 3.8) is 0 Å². The number of thiazole rings is 1. The van der Waals surface area contributed by atoms with Crippen LogP contribution < -0.4 is 0 Å². The van der Waals surface area contributed by atoms with Crippen molar-refractivity contribution < 1.29 is 9.90 Å². The number of carbonyl (C=O) groups is 1. The van der Waals surface area contributed by atoms with Crippen LogP contribution in [-0.2, 0) is 6.42 Å². The Kier molecular flexibility index (Phi) is 3.01. The van der Waals surface area contributed by atoms with Crippen molar-refractivity contribution in [2.45, 2.75) is 13.3 Å². The van der Waals surface area contributed by atoms with Gasteiger partial charge in [0.05, 0.1) is 5.69 Å². The molecule has 1 N–H and O–H groups in total. The van der Waals surface area contributed by atoms with Crippen molar-refractivity contribution in [1.82, 2.24) is 4.98 Å². The quantitative estimate of drug-likeness (QED) is 0.829. The van der Waals surface area contributed by atoms with Gasteiger partial charge in [-0.3, -0.25) is 4.79 Å². The van der Waals surface area contributed by atoms with E-state index in [0.29, 0.717) is 5.01 Å². The van der Waals surface area contributed by atoms with E-state index in [-0.39, 0.29) is 5.75 Å². The van der Waals surface area contributed by atoms with Crippen molar-refractivity contribution in [2.75, 3.05) is 0 Å². The molecule has 0 aliphatic rings. The molecule has 1 heterocycles. The number of hydrogen-bond acceptors (Lipinski definition) is 4. The highest BCUT2D eigenvalue weighted by atomic mass is 32.1. The molecule has 0 radical (unpaired) electrons. The summed E-state index contributed by atoms with van der Waals surface area (Å²) in [7, 11) is 0. The van der Waals surface area contributed by atoms with Gasteiger partial charge in [0.25, 0.3) is 0 Å². The Morgan fingerprint density at radius 1 is 1.38 bits per heavy atom. The summed E-state index contributed by atoms with van der Waals surface area (Å²) in [6.07, 6.45) is 1.62. The minimum absolute atomic E-state index is 0.229. The van der Waals surface area contributed by atoms with Crippen LogP contribution in [0.25, 0.3) is 11.3 Å². The van der Waals surface area contributed by atoms with Gasteiger partial charge in [-0.1, -0.05) is 6.92 Å². The lowest BCUT2D eigenvalue weighted by Gasteiger charge is -1.99. The van der Waals surface area contributed by atoms with E-state index in [0.717, 1.165) is 28.8 Å². The van der Waals surface area contributed by atoms with E-state index in [1.807, 2.05) is 6.92 Å². The van der Waals surface area contributed by atoms with Gasteiger partial charge in [0.15, 0.2) is 11.3 Å². The lowest BCUT2D eigenvalue weighted by atomic mass is 10.1. The molecule has 2 rings (SSSR count). The van der Waals surface area contributed by atoms with E-state index in [4.69, 9.17) is 0 Å². The lowest BCUT2D eigenvalue weighted by molar-refractivity contribution is 0.112. The molecule has 0 fully saturated rings. The van der Waals surface area contributed by atoms with E-state index in [2.05, 4.69) is 4.98 Å². The summed E-state index contributed by atoms with van der Waals surface area (Å²) in [6, 6.07) is 6.85. The molecule has 0 bridgehead atoms. The maximum absolute atomic E-state index is 10.7. The average Bonchev–Trinajstić information content (AvgIpc) is 2.73. The van der Waals surface area contributed by atoms with E-state index in [9.17, 15) is 9.90 Å². The summed E-state index contributed by atoms with van der Waals surface area (Å²) >= 11 is 1.42. The zero-order valence-electron chi connectivity index (χ0n) is 8.80. The second-order valence-electron chi connectivity index (χ2n) is 3.34. The van der Waals surface area contributed by atoms with Gasteiger partial charge in [-0.15, -0.1) is 11.3 Å². The van der Waals surface area contributed by atoms with Crippen LogP contribution in [0, 0.1) is 0 Å². The molecule has 1 aromatic carbocycles. The van der Waals surface area contributed by atoms with Crippen LogP contribution in [0.2, 0.25) is 0 Å². The largest absolute Gasteiger partial charge is 0.508 e. The predicted octanol–water partition coefficient (Wildman–Crippen LogP) is 2.89. The second kappa shape index (κ2) is 4.45. The molecule has 0 saturated heterocycles. The zero-order chi connectivity index (χ0) is 11.5. The number of benzene rings is 1. The summed E-state index contributed by atoms with van der Waals surface area (Å²) in [5.74, 6) is 0.229. The molecule has 0 spiro atoms. The van der Waals surface area contributed by atoms with E-state index >= 15 is 0 Å². The van der Waals surface area contributed by atoms with Gasteiger partial charge in [-0.25, -0.2) is 4.98 Å². The Bertz CT molecular complexity index is 502. The maximum atomic E-state index is 10.7. The van der Waals surface area contributed by atoms with Crippen molar-refractivity contribution in [2.24, 2.45) is 0 Å². The SMILES string of the molecule is CCc1sc(C=O)nc1-c1ccc(O)cc1. The monoisotopic (exact) mass is 233 g/mol. The van der Waals surface area contributed by atoms with Crippen LogP contribution in [-0.4, -0.2) is 16.4 Å². The molecule has 16 heavy (non-hydrogen) atoms. The molecule has 1 aromatic heterocycles. The maximum Gasteiger partial charge on any atom is 0.178 e. The average molecular weight is 233 g/mol. The highest BCUT2D eigenvalue weighted by Gasteiger charge is 2.10. The third-order valence-corrected chi connectivity index (χ3v) is 3.40. The highest BCUT2D eigenvalue weighted by molar-refractivity contribution is 7.13. The molecule has 0 atom stereocenters. The summed E-state index contributed by atoms with van der Waals surface area (Å²) in [4.78, 5) is 16.0. The van der Waals surface area contributed by atoms with Gasteiger partial charge >= 0.3 is 0 Å². The highest BCUT2D eigenvalue weighted by Crippen LogP contribution is 2.29. The lowest BCUT2D eigenvalue weighted by Crippen LogP contribution is -1.83. The van der Waals surface area contributed by atoms with Gasteiger partial charge < -0.3 is 5.11 Å². The van der Waals surface area contributed by atoms with Gasteiger partial charge in [-0.05, 0) is 30.7 Å². The topological polar surface area (TPSA) is 50.2 Å². The molecule has 2 aromatic rings. The fourth-order valence-corrected chi connectivity index (χ4v) is 2.35. The van der Waals surface area contributed by atoms with Crippen LogP contribution in [0.15, 0.2) is 24.3 Å². The first-order valence-corrected chi connectivity index (χ1v) is 5.80. The van der Waals surface area contributed by atoms with Crippen LogP contribution in [0.3, 0.4) is 0 Å². The molecule has 3 nitrogen and oxygen atoms in total. The summed E-state index contributed by atoms with van der Waals surface area (Å²) in [6.45, 7) is 2.03. The summed E-state index contributed by atoms with van der Waals surface area (Å²) < 4.78 is 0. The Balaban J connectivity index is 2.49. The fourth-order valence-electron chi connectivity index (χ4n) is 1.50. The van der Waals surface area contributed by atoms with Crippen LogP contribution in [0.5, 0.6) is 5.75 Å². The molecular formula is C12H11NO2S. The standard InChI is InChI=1S/C12H11NO2S/c1-2-10-12(13-11(7-14)16-10)8-3-5-9(15)6-4-8/h3-7,15H,2H2,1H3. The van der Waals surface area contributed by atoms with Crippen molar-refractivity contribution >= 4 is 17.6 Å². The van der Waals surface area contributed by atoms with E-state index < -0.39 is 0 Å². The molecule has 0 aliphatic heterocycles. The first kappa shape index (κ1) is 10.8. The number of hydrogen-bond donors (Lipinski definition) is 1. The van der Waals surface area contributed by atoms with E-state index in [1.54, 1.807) is 24.3 Å². The number of aromatic nitrogens is 1. The second-order valence-corrected chi connectivity index (χ2v) is 4.46. The molecule has 0 unspecified atom stereocenters. The third-order valence-electron chi connectivity index (χ3n) is 2.28. The van der Waals surface area contributed by atoms with Crippen molar-refractivity contribution in [3.05, 3.63) is 34.2 Å². The number of aryl methyl sites for hydroxylation is 1. The number of phenolic OH excluding ortho intramolecular Hbond substituents is 1. The molecule has 0 amide bonds. The minimum atomic E-state index is 0.229. The van der Waals surface area contributed by atoms with Crippen molar-refractivity contribution in [1.29, 1.82) is 0 Å². The van der Waals surface area contributed by atoms with Crippen LogP contribution >= 0.6 is 11.3 Å². The number of nitrogens with zero attached hydrogens (tertiary/aromatic N) is 1. The normalized spacial score (nSPS) is 10.3. The Hall–Kier alpha value is -1.68. The molecule has 0 saturated carbocycles. The Morgan fingerprint density at radius 3 is 2.62 bits per heavy atom. The fraction of sp³-hybridized carbons (Fsp3) is 0.167. The van der Waals surface area contributed by atoms with Crippen molar-refractivity contribution in [3.8, 4) is 17.0 Å². The van der Waals surface area contributed by atoms with E-state index in [1.165, 1.54) is 11.3 Å². The number of carbonyl (C=O) groups excluding carboxylic acids is 1. The first-order valence-electron chi connectivity index (χ1n) is 4.99. The molecule has 4 heteroatoms. The number of rotatable bonds is 3. The Morgan fingerprint density at radius 2 is 2.06 bits per heavy atom. The first-order chi connectivity index (χ1) is 7.74. The van der Waals surface area contributed by atoms with Gasteiger partial charge in [0, 0.05) is 10.4 Å². The summed E-state index contributed by atoms with van der Waals surface area (Å²) in [5, 5.41) is 9.71. The van der Waals surface area contributed by atoms with Gasteiger partial charge in [-0.2, -0.15) is 0 Å². The molecule has 0 aliphatic carbocycles. The molecular weight excluding hydrogens is 222 g/mol. The van der Waals surface area contributed by atoms with Gasteiger partial charge in [0.1, 0.15) is 5.75 Å². The predicted molar refractivity (Wildman–Crippen MR) is 64.0 cm³/mol. The Labute approximate surface area is 97.4 Å². The smallest absolute Gasteiger partial charge is 0.178 e. The van der Waals surface area contributed by atoms with Crippen LogP contribution in [0.1, 0.15) is 21.6 Å². The number of phenols is 1. The minimum Gasteiger partial charge on any atom is -0.508 e. The third kappa shape index (κ3) is 1.97. The number of aldehydes is 1. The van der Waals surface area contributed by atoms with Crippen LogP contribution in [0.4, 0.5) is 0 Å². The summed E-state index contributed by atoms with van der Waals surface area (Å²) in [5.41, 5.74) is 1.77.